The third kappa shape index (κ3) is 4.55. The number of halogens is 4. The summed E-state index contributed by atoms with van der Waals surface area (Å²) in [7, 11) is 0. The van der Waals surface area contributed by atoms with Crippen molar-refractivity contribution in [3.8, 4) is 0 Å². The average molecular weight is 438 g/mol. The third-order valence-corrected chi connectivity index (χ3v) is 4.75. The van der Waals surface area contributed by atoms with Gasteiger partial charge in [-0.2, -0.15) is 0 Å². The molecule has 5 heteroatoms. The summed E-state index contributed by atoms with van der Waals surface area (Å²) in [6.07, 6.45) is 0.728. The van der Waals surface area contributed by atoms with Crippen LogP contribution >= 0.6 is 45.8 Å². The Kier molecular flexibility index (Phi) is 6.29. The number of hydrogen-bond acceptors (Lipinski definition) is 1. The molecule has 1 N–H and O–H groups in total. The van der Waals surface area contributed by atoms with E-state index in [1.165, 1.54) is 6.07 Å². The van der Waals surface area contributed by atoms with E-state index in [4.69, 9.17) is 23.2 Å². The second-order valence-corrected chi connectivity index (χ2v) is 6.72. The molecule has 0 radical (unpaired) electrons. The minimum atomic E-state index is -0.220. The van der Waals surface area contributed by atoms with E-state index in [-0.39, 0.29) is 11.9 Å². The fourth-order valence-electron chi connectivity index (χ4n) is 2.23. The zero-order chi connectivity index (χ0) is 15.4. The first-order valence-electron chi connectivity index (χ1n) is 6.63. The lowest BCUT2D eigenvalue weighted by Gasteiger charge is -2.20. The van der Waals surface area contributed by atoms with E-state index in [1.54, 1.807) is 12.1 Å². The lowest BCUT2D eigenvalue weighted by atomic mass is 9.98. The van der Waals surface area contributed by atoms with Crippen molar-refractivity contribution in [3.05, 3.63) is 67.0 Å². The summed E-state index contributed by atoms with van der Waals surface area (Å²) in [4.78, 5) is 0. The highest BCUT2D eigenvalue weighted by molar-refractivity contribution is 14.1. The molecule has 1 unspecified atom stereocenters. The molecule has 2 aromatic carbocycles. The SMILES string of the molecule is CCNC(Cc1ccc(Cl)cc1Cl)c1ccc(F)cc1I. The maximum absolute atomic E-state index is 13.3. The minimum Gasteiger partial charge on any atom is -0.310 e. The van der Waals surface area contributed by atoms with Crippen molar-refractivity contribution in [1.82, 2.24) is 5.32 Å². The Bertz CT molecular complexity index is 634. The van der Waals surface area contributed by atoms with Gasteiger partial charge in [0.2, 0.25) is 0 Å². The van der Waals surface area contributed by atoms with Gasteiger partial charge in [0.1, 0.15) is 5.82 Å². The summed E-state index contributed by atoms with van der Waals surface area (Å²) in [5.41, 5.74) is 2.09. The Morgan fingerprint density at radius 2 is 1.95 bits per heavy atom. The Labute approximate surface area is 148 Å². The molecule has 0 saturated carbocycles. The Morgan fingerprint density at radius 1 is 1.19 bits per heavy atom. The molecule has 1 nitrogen and oxygen atoms in total. The number of rotatable bonds is 5. The van der Waals surface area contributed by atoms with Crippen LogP contribution < -0.4 is 5.32 Å². The predicted molar refractivity (Wildman–Crippen MR) is 95.7 cm³/mol. The number of nitrogens with one attached hydrogen (secondary N) is 1. The van der Waals surface area contributed by atoms with E-state index in [2.05, 4.69) is 27.9 Å². The Morgan fingerprint density at radius 3 is 2.57 bits per heavy atom. The summed E-state index contributed by atoms with van der Waals surface area (Å²) in [6, 6.07) is 10.5. The lowest BCUT2D eigenvalue weighted by Crippen LogP contribution is -2.24. The molecule has 0 aliphatic carbocycles. The van der Waals surface area contributed by atoms with Gasteiger partial charge in [0, 0.05) is 19.7 Å². The molecular formula is C16H15Cl2FIN. The van der Waals surface area contributed by atoms with Crippen LogP contribution in [0.2, 0.25) is 10.0 Å². The molecule has 2 aromatic rings. The van der Waals surface area contributed by atoms with E-state index < -0.39 is 0 Å². The largest absolute Gasteiger partial charge is 0.310 e. The van der Waals surface area contributed by atoms with E-state index >= 15 is 0 Å². The monoisotopic (exact) mass is 437 g/mol. The van der Waals surface area contributed by atoms with Crippen molar-refractivity contribution in [1.29, 1.82) is 0 Å². The van der Waals surface area contributed by atoms with Crippen LogP contribution in [0.3, 0.4) is 0 Å². The van der Waals surface area contributed by atoms with Gasteiger partial charge in [0.05, 0.1) is 0 Å². The number of benzene rings is 2. The zero-order valence-electron chi connectivity index (χ0n) is 11.5. The highest BCUT2D eigenvalue weighted by atomic mass is 127. The van der Waals surface area contributed by atoms with E-state index in [0.717, 1.165) is 27.7 Å². The van der Waals surface area contributed by atoms with Crippen LogP contribution in [-0.2, 0) is 6.42 Å². The van der Waals surface area contributed by atoms with Crippen molar-refractivity contribution in [2.75, 3.05) is 6.54 Å². The quantitative estimate of drug-likeness (QED) is 0.597. The van der Waals surface area contributed by atoms with Crippen LogP contribution in [0, 0.1) is 9.39 Å². The summed E-state index contributed by atoms with van der Waals surface area (Å²) >= 11 is 14.3. The minimum absolute atomic E-state index is 0.0844. The highest BCUT2D eigenvalue weighted by Crippen LogP contribution is 2.28. The average Bonchev–Trinajstić information content (AvgIpc) is 2.41. The molecule has 0 saturated heterocycles. The first-order chi connectivity index (χ1) is 10.0. The molecular weight excluding hydrogens is 423 g/mol. The normalized spacial score (nSPS) is 12.4. The predicted octanol–water partition coefficient (Wildman–Crippen LogP) is 5.63. The maximum Gasteiger partial charge on any atom is 0.124 e. The van der Waals surface area contributed by atoms with Gasteiger partial charge in [-0.15, -0.1) is 0 Å². The fourth-order valence-corrected chi connectivity index (χ4v) is 3.57. The molecule has 0 aromatic heterocycles. The standard InChI is InChI=1S/C16H15Cl2FIN/c1-2-21-16(13-6-5-12(19)9-15(13)20)7-10-3-4-11(17)8-14(10)18/h3-6,8-9,16,21H,2,7H2,1H3. The van der Waals surface area contributed by atoms with Gasteiger partial charge in [0.25, 0.3) is 0 Å². The van der Waals surface area contributed by atoms with Crippen molar-refractivity contribution in [2.24, 2.45) is 0 Å². The van der Waals surface area contributed by atoms with Gasteiger partial charge < -0.3 is 5.32 Å². The molecule has 0 spiro atoms. The Balaban J connectivity index is 2.30. The van der Waals surface area contributed by atoms with Gasteiger partial charge in [-0.3, -0.25) is 0 Å². The zero-order valence-corrected chi connectivity index (χ0v) is 15.1. The third-order valence-electron chi connectivity index (χ3n) is 3.23. The highest BCUT2D eigenvalue weighted by Gasteiger charge is 2.16. The van der Waals surface area contributed by atoms with E-state index in [9.17, 15) is 4.39 Å². The molecule has 0 aliphatic rings. The topological polar surface area (TPSA) is 12.0 Å². The van der Waals surface area contributed by atoms with Crippen molar-refractivity contribution < 1.29 is 4.39 Å². The molecule has 0 aliphatic heterocycles. The molecule has 2 rings (SSSR count). The van der Waals surface area contributed by atoms with Crippen LogP contribution in [0.1, 0.15) is 24.1 Å². The van der Waals surface area contributed by atoms with Crippen LogP contribution in [0.15, 0.2) is 36.4 Å². The molecule has 1 atom stereocenters. The lowest BCUT2D eigenvalue weighted by molar-refractivity contribution is 0.545. The first kappa shape index (κ1) is 17.0. The second-order valence-electron chi connectivity index (χ2n) is 4.72. The fraction of sp³-hybridized carbons (Fsp3) is 0.250. The summed E-state index contributed by atoms with van der Waals surface area (Å²) in [6.45, 7) is 2.87. The van der Waals surface area contributed by atoms with Gasteiger partial charge in [-0.05, 0) is 70.9 Å². The first-order valence-corrected chi connectivity index (χ1v) is 8.47. The molecule has 0 fully saturated rings. The van der Waals surface area contributed by atoms with Crippen molar-refractivity contribution >= 4 is 45.8 Å². The van der Waals surface area contributed by atoms with Gasteiger partial charge >= 0.3 is 0 Å². The van der Waals surface area contributed by atoms with Gasteiger partial charge in [-0.1, -0.05) is 42.3 Å². The number of hydrogen-bond donors (Lipinski definition) is 1. The van der Waals surface area contributed by atoms with E-state index in [0.29, 0.717) is 10.0 Å². The molecule has 112 valence electrons. The van der Waals surface area contributed by atoms with Crippen molar-refractivity contribution in [3.63, 3.8) is 0 Å². The van der Waals surface area contributed by atoms with Crippen LogP contribution in [0.5, 0.6) is 0 Å². The molecule has 0 bridgehead atoms. The molecule has 0 heterocycles. The van der Waals surface area contributed by atoms with Gasteiger partial charge in [0.15, 0.2) is 0 Å². The summed E-state index contributed by atoms with van der Waals surface area (Å²) in [5.74, 6) is -0.220. The smallest absolute Gasteiger partial charge is 0.124 e. The maximum atomic E-state index is 13.3. The number of likely N-dealkylation sites (N-methyl/N-ethyl adjacent to an activating group) is 1. The van der Waals surface area contributed by atoms with Crippen molar-refractivity contribution in [2.45, 2.75) is 19.4 Å². The molecule has 0 amide bonds. The summed E-state index contributed by atoms with van der Waals surface area (Å²) in [5, 5.41) is 4.71. The molecule has 21 heavy (non-hydrogen) atoms. The van der Waals surface area contributed by atoms with E-state index in [1.807, 2.05) is 25.1 Å². The van der Waals surface area contributed by atoms with Crippen LogP contribution in [0.4, 0.5) is 4.39 Å². The Hall–Kier alpha value is -0.360. The van der Waals surface area contributed by atoms with Crippen LogP contribution in [-0.4, -0.2) is 6.54 Å². The summed E-state index contributed by atoms with van der Waals surface area (Å²) < 4.78 is 14.2. The van der Waals surface area contributed by atoms with Crippen LogP contribution in [0.25, 0.3) is 0 Å². The second kappa shape index (κ2) is 7.77. The van der Waals surface area contributed by atoms with Gasteiger partial charge in [-0.25, -0.2) is 4.39 Å².